The summed E-state index contributed by atoms with van der Waals surface area (Å²) < 4.78 is 5.21. The summed E-state index contributed by atoms with van der Waals surface area (Å²) in [6.07, 6.45) is 0.130. The number of ether oxygens (including phenoxy) is 1. The van der Waals surface area contributed by atoms with Crippen LogP contribution in [0.25, 0.3) is 0 Å². The van der Waals surface area contributed by atoms with E-state index < -0.39 is 12.2 Å². The van der Waals surface area contributed by atoms with Gasteiger partial charge in [0.2, 0.25) is 11.8 Å². The Kier molecular flexibility index (Phi) is 8.02. The molecule has 2 saturated heterocycles. The first-order valence-corrected chi connectivity index (χ1v) is 12.8. The highest BCUT2D eigenvalue weighted by molar-refractivity contribution is 5.92. The van der Waals surface area contributed by atoms with Crippen molar-refractivity contribution in [1.29, 1.82) is 0 Å². The van der Waals surface area contributed by atoms with Gasteiger partial charge in [0.15, 0.2) is 0 Å². The van der Waals surface area contributed by atoms with Crippen LogP contribution in [0.2, 0.25) is 0 Å². The zero-order valence-electron chi connectivity index (χ0n) is 22.3. The Labute approximate surface area is 218 Å². The first kappa shape index (κ1) is 26.5. The molecule has 9 nitrogen and oxygen atoms in total. The van der Waals surface area contributed by atoms with Crippen molar-refractivity contribution in [2.45, 2.75) is 52.0 Å². The number of amides is 4. The van der Waals surface area contributed by atoms with Gasteiger partial charge in [-0.05, 0) is 36.1 Å². The molecule has 4 amide bonds. The minimum atomic E-state index is -0.631. The van der Waals surface area contributed by atoms with Gasteiger partial charge in [0, 0.05) is 13.6 Å². The predicted molar refractivity (Wildman–Crippen MR) is 140 cm³/mol. The second-order valence-corrected chi connectivity index (χ2v) is 9.86. The van der Waals surface area contributed by atoms with Gasteiger partial charge >= 0.3 is 6.03 Å². The lowest BCUT2D eigenvalue weighted by molar-refractivity contribution is -0.192. The van der Waals surface area contributed by atoms with E-state index in [1.165, 1.54) is 0 Å². The SMILES string of the molecule is CCC(C)[C@H]1C(=O)N([C@@H](C)c2ccccc2)C[C@H]2N1C(=O)CN(C)N2C(=O)NCc1ccc(OC)cc1. The number of fused-ring (bicyclic) bond motifs is 1. The maximum Gasteiger partial charge on any atom is 0.334 e. The largest absolute Gasteiger partial charge is 0.497 e. The number of hydrogen-bond donors (Lipinski definition) is 1. The van der Waals surface area contributed by atoms with Gasteiger partial charge in [0.25, 0.3) is 0 Å². The third-order valence-electron chi connectivity index (χ3n) is 7.56. The van der Waals surface area contributed by atoms with Crippen molar-refractivity contribution in [2.75, 3.05) is 27.2 Å². The molecule has 0 radical (unpaired) electrons. The van der Waals surface area contributed by atoms with Crippen LogP contribution in [-0.2, 0) is 16.1 Å². The summed E-state index contributed by atoms with van der Waals surface area (Å²) in [5, 5.41) is 6.24. The van der Waals surface area contributed by atoms with Crippen molar-refractivity contribution in [3.63, 3.8) is 0 Å². The number of nitrogens with zero attached hydrogens (tertiary/aromatic N) is 4. The second-order valence-electron chi connectivity index (χ2n) is 9.86. The summed E-state index contributed by atoms with van der Waals surface area (Å²) >= 11 is 0. The molecule has 0 bridgehead atoms. The zero-order chi connectivity index (χ0) is 26.7. The predicted octanol–water partition coefficient (Wildman–Crippen LogP) is 3.24. The lowest BCUT2D eigenvalue weighted by Gasteiger charge is -2.56. The third-order valence-corrected chi connectivity index (χ3v) is 7.56. The molecular formula is C28H37N5O4. The van der Waals surface area contributed by atoms with Crippen LogP contribution in [0.1, 0.15) is 44.4 Å². The Morgan fingerprint density at radius 3 is 2.38 bits per heavy atom. The Morgan fingerprint density at radius 2 is 1.76 bits per heavy atom. The number of carbonyl (C=O) groups is 3. The first-order chi connectivity index (χ1) is 17.8. The van der Waals surface area contributed by atoms with Gasteiger partial charge in [0.1, 0.15) is 18.0 Å². The Balaban J connectivity index is 1.63. The summed E-state index contributed by atoms with van der Waals surface area (Å²) in [4.78, 5) is 44.2. The summed E-state index contributed by atoms with van der Waals surface area (Å²) in [6.45, 7) is 6.60. The van der Waals surface area contributed by atoms with Gasteiger partial charge in [-0.25, -0.2) is 14.8 Å². The molecule has 2 fully saturated rings. The van der Waals surface area contributed by atoms with Crippen molar-refractivity contribution < 1.29 is 19.1 Å². The standard InChI is InChI=1S/C28H37N5O4/c1-6-19(2)26-27(35)31(20(3)22-10-8-7-9-11-22)17-24-32(26)25(34)18-30(4)33(24)28(36)29-16-21-12-14-23(37-5)15-13-21/h7-15,19-20,24,26H,6,16-18H2,1-5H3,(H,29,36)/t19?,20-,24-,26-/m0/s1. The smallest absolute Gasteiger partial charge is 0.334 e. The number of hydrazine groups is 1. The van der Waals surface area contributed by atoms with Crippen LogP contribution in [0.15, 0.2) is 54.6 Å². The number of piperazine rings is 1. The van der Waals surface area contributed by atoms with Crippen molar-refractivity contribution in [3.8, 4) is 5.75 Å². The highest BCUT2D eigenvalue weighted by Gasteiger charge is 2.52. The van der Waals surface area contributed by atoms with E-state index in [0.717, 1.165) is 23.3 Å². The number of methoxy groups -OCH3 is 1. The van der Waals surface area contributed by atoms with Crippen LogP contribution in [0.4, 0.5) is 4.79 Å². The quantitative estimate of drug-likeness (QED) is 0.622. The highest BCUT2D eigenvalue weighted by Crippen LogP contribution is 2.34. The Morgan fingerprint density at radius 1 is 1.08 bits per heavy atom. The van der Waals surface area contributed by atoms with E-state index in [1.54, 1.807) is 29.1 Å². The third kappa shape index (κ3) is 5.27. The fourth-order valence-electron chi connectivity index (χ4n) is 5.22. The summed E-state index contributed by atoms with van der Waals surface area (Å²) in [5.41, 5.74) is 1.94. The van der Waals surface area contributed by atoms with E-state index in [-0.39, 0.29) is 42.9 Å². The Hall–Kier alpha value is -3.59. The van der Waals surface area contributed by atoms with Crippen LogP contribution in [0.3, 0.4) is 0 Å². The van der Waals surface area contributed by atoms with Gasteiger partial charge in [-0.15, -0.1) is 0 Å². The highest BCUT2D eigenvalue weighted by atomic mass is 16.5. The Bertz CT molecular complexity index is 1110. The molecule has 9 heteroatoms. The minimum absolute atomic E-state index is 0.0287. The minimum Gasteiger partial charge on any atom is -0.497 e. The molecule has 1 unspecified atom stereocenters. The second kappa shape index (κ2) is 11.2. The summed E-state index contributed by atoms with van der Waals surface area (Å²) in [5.74, 6) is 0.476. The van der Waals surface area contributed by atoms with Crippen LogP contribution >= 0.6 is 0 Å². The molecular weight excluding hydrogens is 470 g/mol. The van der Waals surface area contributed by atoms with Crippen LogP contribution in [-0.4, -0.2) is 77.1 Å². The maximum absolute atomic E-state index is 13.9. The summed E-state index contributed by atoms with van der Waals surface area (Å²) in [7, 11) is 3.35. The fourth-order valence-corrected chi connectivity index (χ4v) is 5.22. The molecule has 0 aromatic heterocycles. The topological polar surface area (TPSA) is 85.4 Å². The van der Waals surface area contributed by atoms with Gasteiger partial charge in [-0.1, -0.05) is 62.7 Å². The molecule has 0 aliphatic carbocycles. The van der Waals surface area contributed by atoms with E-state index in [1.807, 2.05) is 80.3 Å². The first-order valence-electron chi connectivity index (χ1n) is 12.8. The zero-order valence-corrected chi connectivity index (χ0v) is 22.3. The van der Waals surface area contributed by atoms with Gasteiger partial charge in [-0.3, -0.25) is 9.59 Å². The molecule has 37 heavy (non-hydrogen) atoms. The lowest BCUT2D eigenvalue weighted by Crippen LogP contribution is -2.76. The lowest BCUT2D eigenvalue weighted by atomic mass is 9.91. The fraction of sp³-hybridized carbons (Fsp3) is 0.464. The maximum atomic E-state index is 13.9. The number of nitrogens with one attached hydrogen (secondary N) is 1. The number of hydrogen-bond acceptors (Lipinski definition) is 5. The van der Waals surface area contributed by atoms with Gasteiger partial charge in [-0.2, -0.15) is 0 Å². The molecule has 2 heterocycles. The van der Waals surface area contributed by atoms with E-state index >= 15 is 0 Å². The normalized spacial score (nSPS) is 21.9. The molecule has 0 saturated carbocycles. The van der Waals surface area contributed by atoms with Gasteiger partial charge in [0.05, 0.1) is 26.2 Å². The van der Waals surface area contributed by atoms with Crippen LogP contribution in [0.5, 0.6) is 5.75 Å². The summed E-state index contributed by atoms with van der Waals surface area (Å²) in [6, 6.07) is 16.2. The van der Waals surface area contributed by atoms with Gasteiger partial charge < -0.3 is 19.9 Å². The molecule has 1 N–H and O–H groups in total. The molecule has 4 rings (SSSR count). The molecule has 2 aliphatic rings. The molecule has 4 atom stereocenters. The molecule has 0 spiro atoms. The van der Waals surface area contributed by atoms with E-state index in [4.69, 9.17) is 4.74 Å². The average Bonchev–Trinajstić information content (AvgIpc) is 2.91. The number of likely N-dealkylation sites (N-methyl/N-ethyl adjacent to an activating group) is 1. The average molecular weight is 508 g/mol. The van der Waals surface area contributed by atoms with Crippen LogP contribution in [0, 0.1) is 5.92 Å². The molecule has 2 aliphatic heterocycles. The van der Waals surface area contributed by atoms with Crippen LogP contribution < -0.4 is 10.1 Å². The van der Waals surface area contributed by atoms with E-state index in [2.05, 4.69) is 5.32 Å². The molecule has 2 aromatic carbocycles. The van der Waals surface area contributed by atoms with Crippen molar-refractivity contribution in [3.05, 3.63) is 65.7 Å². The number of rotatable bonds is 7. The van der Waals surface area contributed by atoms with E-state index in [0.29, 0.717) is 6.54 Å². The van der Waals surface area contributed by atoms with Crippen molar-refractivity contribution >= 4 is 17.8 Å². The molecule has 198 valence electrons. The number of benzene rings is 2. The van der Waals surface area contributed by atoms with E-state index in [9.17, 15) is 14.4 Å². The van der Waals surface area contributed by atoms with Crippen molar-refractivity contribution in [1.82, 2.24) is 25.1 Å². The molecule has 2 aromatic rings. The van der Waals surface area contributed by atoms with Crippen molar-refractivity contribution in [2.24, 2.45) is 5.92 Å². The number of urea groups is 1. The number of carbonyl (C=O) groups excluding carboxylic acids is 3. The monoisotopic (exact) mass is 507 g/mol.